The lowest BCUT2D eigenvalue weighted by Crippen LogP contribution is -2.44. The monoisotopic (exact) mass is 455 g/mol. The highest BCUT2D eigenvalue weighted by molar-refractivity contribution is 7.17. The summed E-state index contributed by atoms with van der Waals surface area (Å²) in [5.41, 5.74) is 9.16. The summed E-state index contributed by atoms with van der Waals surface area (Å²) in [6.45, 7) is 4.67. The molecule has 1 atom stereocenters. The average Bonchev–Trinajstić information content (AvgIpc) is 3.56. The van der Waals surface area contributed by atoms with Crippen molar-refractivity contribution >= 4 is 39.5 Å². The van der Waals surface area contributed by atoms with Crippen LogP contribution in [0.3, 0.4) is 0 Å². The Labute approximate surface area is 191 Å². The maximum Gasteiger partial charge on any atom is 0.251 e. The highest BCUT2D eigenvalue weighted by atomic mass is 32.1. The Hall–Kier alpha value is -2.62. The Morgan fingerprint density at radius 2 is 1.84 bits per heavy atom. The maximum atomic E-state index is 12.3. The molecule has 0 radical (unpaired) electrons. The molecule has 5 rings (SSSR count). The van der Waals surface area contributed by atoms with Gasteiger partial charge in [0.15, 0.2) is 6.23 Å². The average molecular weight is 456 g/mol. The van der Waals surface area contributed by atoms with Gasteiger partial charge in [-0.25, -0.2) is 0 Å². The fourth-order valence-corrected chi connectivity index (χ4v) is 5.56. The van der Waals surface area contributed by atoms with Crippen molar-refractivity contribution in [2.75, 3.05) is 55.4 Å². The SMILES string of the molecule is CN1CCN(c2ccc(NC3OCCc4c3sc(NC(=O)C3CC3)c4C(N)=O)cc2)CC1. The van der Waals surface area contributed by atoms with Gasteiger partial charge < -0.3 is 30.9 Å². The van der Waals surface area contributed by atoms with Gasteiger partial charge in [0.25, 0.3) is 5.91 Å². The summed E-state index contributed by atoms with van der Waals surface area (Å²) in [5, 5.41) is 6.91. The van der Waals surface area contributed by atoms with E-state index in [2.05, 4.69) is 51.7 Å². The van der Waals surface area contributed by atoms with Crippen molar-refractivity contribution in [3.05, 3.63) is 40.3 Å². The van der Waals surface area contributed by atoms with Crippen molar-refractivity contribution in [2.24, 2.45) is 11.7 Å². The first-order valence-electron chi connectivity index (χ1n) is 11.2. The van der Waals surface area contributed by atoms with Gasteiger partial charge in [-0.05, 0) is 56.1 Å². The third-order valence-electron chi connectivity index (χ3n) is 6.38. The van der Waals surface area contributed by atoms with Gasteiger partial charge in [-0.2, -0.15) is 0 Å². The zero-order chi connectivity index (χ0) is 22.2. The van der Waals surface area contributed by atoms with Crippen molar-refractivity contribution in [3.8, 4) is 0 Å². The van der Waals surface area contributed by atoms with Crippen molar-refractivity contribution in [1.82, 2.24) is 4.90 Å². The summed E-state index contributed by atoms with van der Waals surface area (Å²) in [4.78, 5) is 30.1. The summed E-state index contributed by atoms with van der Waals surface area (Å²) in [5.74, 6) is -0.486. The standard InChI is InChI=1S/C23H29N5O3S/c1-27-9-11-28(12-10-27)16-6-4-15(5-7-16)25-22-19-17(8-13-31-22)18(20(24)29)23(32-19)26-21(30)14-2-3-14/h4-7,14,22,25H,2-3,8-13H2,1H3,(H2,24,29)(H,26,30). The lowest BCUT2D eigenvalue weighted by Gasteiger charge is -2.34. The number of nitrogens with two attached hydrogens (primary N) is 1. The molecule has 1 aromatic heterocycles. The Bertz CT molecular complexity index is 1010. The van der Waals surface area contributed by atoms with Gasteiger partial charge in [0, 0.05) is 43.5 Å². The first-order valence-corrected chi connectivity index (χ1v) is 12.0. The number of anilines is 3. The van der Waals surface area contributed by atoms with Crippen molar-refractivity contribution < 1.29 is 14.3 Å². The molecule has 1 unspecified atom stereocenters. The smallest absolute Gasteiger partial charge is 0.251 e. The third kappa shape index (κ3) is 4.32. The zero-order valence-corrected chi connectivity index (χ0v) is 19.0. The van der Waals surface area contributed by atoms with E-state index in [0.29, 0.717) is 23.6 Å². The van der Waals surface area contributed by atoms with E-state index < -0.39 is 5.91 Å². The topological polar surface area (TPSA) is 99.9 Å². The van der Waals surface area contributed by atoms with Crippen molar-refractivity contribution in [2.45, 2.75) is 25.5 Å². The molecule has 1 aromatic carbocycles. The zero-order valence-electron chi connectivity index (χ0n) is 18.2. The van der Waals surface area contributed by atoms with Gasteiger partial charge in [-0.3, -0.25) is 9.59 Å². The van der Waals surface area contributed by atoms with Crippen LogP contribution in [0, 0.1) is 5.92 Å². The molecule has 2 fully saturated rings. The number of piperazine rings is 1. The number of rotatable bonds is 6. The van der Waals surface area contributed by atoms with E-state index in [1.165, 1.54) is 17.0 Å². The van der Waals surface area contributed by atoms with Crippen LogP contribution in [0.1, 0.15) is 39.9 Å². The minimum atomic E-state index is -0.509. The largest absolute Gasteiger partial charge is 0.369 e. The fourth-order valence-electron chi connectivity index (χ4n) is 4.30. The molecule has 3 heterocycles. The number of likely N-dealkylation sites (N-methyl/N-ethyl adjacent to an activating group) is 1. The van der Waals surface area contributed by atoms with E-state index in [1.807, 2.05) is 0 Å². The minimum Gasteiger partial charge on any atom is -0.369 e. The molecule has 32 heavy (non-hydrogen) atoms. The molecule has 170 valence electrons. The molecule has 2 aliphatic heterocycles. The maximum absolute atomic E-state index is 12.3. The molecule has 1 aliphatic carbocycles. The predicted molar refractivity (Wildman–Crippen MR) is 126 cm³/mol. The molecule has 2 aromatic rings. The van der Waals surface area contributed by atoms with Crippen LogP contribution >= 0.6 is 11.3 Å². The summed E-state index contributed by atoms with van der Waals surface area (Å²) >= 11 is 1.38. The number of primary amides is 1. The predicted octanol–water partition coefficient (Wildman–Crippen LogP) is 2.63. The molecule has 4 N–H and O–H groups in total. The molecular formula is C23H29N5O3S. The fraction of sp³-hybridized carbons (Fsp3) is 0.478. The molecule has 0 spiro atoms. The lowest BCUT2D eigenvalue weighted by molar-refractivity contribution is -0.117. The van der Waals surface area contributed by atoms with Crippen LogP contribution < -0.4 is 21.3 Å². The van der Waals surface area contributed by atoms with E-state index in [0.717, 1.165) is 55.1 Å². The van der Waals surface area contributed by atoms with Crippen LogP contribution in [0.5, 0.6) is 0 Å². The van der Waals surface area contributed by atoms with E-state index >= 15 is 0 Å². The number of hydrogen-bond donors (Lipinski definition) is 3. The number of fused-ring (bicyclic) bond motifs is 1. The second kappa shape index (κ2) is 8.73. The third-order valence-corrected chi connectivity index (χ3v) is 7.57. The molecule has 3 aliphatic rings. The molecule has 0 bridgehead atoms. The quantitative estimate of drug-likeness (QED) is 0.619. The first kappa shape index (κ1) is 21.2. The van der Waals surface area contributed by atoms with Gasteiger partial charge in [-0.1, -0.05) is 0 Å². The number of thiophene rings is 1. The normalized spacial score (nSPS) is 21.2. The van der Waals surface area contributed by atoms with Crippen LogP contribution in [0.15, 0.2) is 24.3 Å². The Morgan fingerprint density at radius 1 is 1.12 bits per heavy atom. The Balaban J connectivity index is 1.33. The van der Waals surface area contributed by atoms with Gasteiger partial charge in [0.1, 0.15) is 5.00 Å². The number of ether oxygens (including phenoxy) is 1. The van der Waals surface area contributed by atoms with E-state index in [-0.39, 0.29) is 18.1 Å². The molecule has 1 saturated carbocycles. The van der Waals surface area contributed by atoms with Crippen LogP contribution in [0.2, 0.25) is 0 Å². The minimum absolute atomic E-state index is 0.0315. The molecule has 1 saturated heterocycles. The van der Waals surface area contributed by atoms with Crippen LogP contribution in [0.4, 0.5) is 16.4 Å². The van der Waals surface area contributed by atoms with Crippen LogP contribution in [-0.2, 0) is 16.0 Å². The summed E-state index contributed by atoms with van der Waals surface area (Å²) in [6.07, 6.45) is 2.02. The summed E-state index contributed by atoms with van der Waals surface area (Å²) in [7, 11) is 2.15. The van der Waals surface area contributed by atoms with E-state index in [1.54, 1.807) is 0 Å². The number of nitrogens with zero attached hydrogens (tertiary/aromatic N) is 2. The van der Waals surface area contributed by atoms with Crippen molar-refractivity contribution in [1.29, 1.82) is 0 Å². The van der Waals surface area contributed by atoms with Crippen LogP contribution in [0.25, 0.3) is 0 Å². The van der Waals surface area contributed by atoms with Gasteiger partial charge in [0.05, 0.1) is 17.0 Å². The second-order valence-corrected chi connectivity index (χ2v) is 9.81. The van der Waals surface area contributed by atoms with Gasteiger partial charge in [0.2, 0.25) is 5.91 Å². The number of nitrogens with one attached hydrogen (secondary N) is 2. The first-order chi connectivity index (χ1) is 15.5. The highest BCUT2D eigenvalue weighted by Crippen LogP contribution is 2.42. The summed E-state index contributed by atoms with van der Waals surface area (Å²) in [6, 6.07) is 8.37. The van der Waals surface area contributed by atoms with Crippen LogP contribution in [-0.4, -0.2) is 56.5 Å². The van der Waals surface area contributed by atoms with Gasteiger partial charge >= 0.3 is 0 Å². The number of hydrogen-bond acceptors (Lipinski definition) is 7. The van der Waals surface area contributed by atoms with E-state index in [9.17, 15) is 9.59 Å². The number of benzene rings is 1. The van der Waals surface area contributed by atoms with Gasteiger partial charge in [-0.15, -0.1) is 11.3 Å². The summed E-state index contributed by atoms with van der Waals surface area (Å²) < 4.78 is 6.00. The number of carbonyl (C=O) groups is 2. The van der Waals surface area contributed by atoms with E-state index in [4.69, 9.17) is 10.5 Å². The second-order valence-electron chi connectivity index (χ2n) is 8.76. The van der Waals surface area contributed by atoms with Crippen molar-refractivity contribution in [3.63, 3.8) is 0 Å². The molecule has 9 heteroatoms. The number of carbonyl (C=O) groups excluding carboxylic acids is 2. The lowest BCUT2D eigenvalue weighted by atomic mass is 10.0. The highest BCUT2D eigenvalue weighted by Gasteiger charge is 2.34. The molecule has 2 amide bonds. The Kier molecular flexibility index (Phi) is 5.79. The molecule has 8 nitrogen and oxygen atoms in total. The Morgan fingerprint density at radius 3 is 2.50 bits per heavy atom. The number of amides is 2. The molecular weight excluding hydrogens is 426 g/mol.